The first kappa shape index (κ1) is 15.2. The van der Waals surface area contributed by atoms with E-state index in [1.165, 1.54) is 0 Å². The third-order valence-electron chi connectivity index (χ3n) is 3.18. The summed E-state index contributed by atoms with van der Waals surface area (Å²) >= 11 is 0. The highest BCUT2D eigenvalue weighted by molar-refractivity contribution is 5.90. The third-order valence-corrected chi connectivity index (χ3v) is 3.18. The summed E-state index contributed by atoms with van der Waals surface area (Å²) in [5, 5.41) is 11.9. The molecule has 19 heavy (non-hydrogen) atoms. The number of amides is 1. The topological polar surface area (TPSA) is 52.9 Å². The van der Waals surface area contributed by atoms with E-state index in [9.17, 15) is 4.79 Å². The number of nitrogens with zero attached hydrogens (tertiary/aromatic N) is 1. The van der Waals surface area contributed by atoms with E-state index in [-0.39, 0.29) is 5.91 Å². The minimum atomic E-state index is -0.496. The van der Waals surface area contributed by atoms with Gasteiger partial charge in [0.1, 0.15) is 0 Å². The lowest BCUT2D eigenvalue weighted by molar-refractivity contribution is -0.116. The van der Waals surface area contributed by atoms with Gasteiger partial charge < -0.3 is 5.32 Å². The van der Waals surface area contributed by atoms with Crippen LogP contribution in [0.25, 0.3) is 0 Å². The Labute approximate surface area is 115 Å². The highest BCUT2D eigenvalue weighted by Gasteiger charge is 2.19. The van der Waals surface area contributed by atoms with E-state index in [0.717, 1.165) is 30.5 Å². The van der Waals surface area contributed by atoms with Crippen LogP contribution in [0.5, 0.6) is 0 Å². The normalized spacial score (nSPS) is 10.8. The summed E-state index contributed by atoms with van der Waals surface area (Å²) in [5.74, 6) is 0.0562. The number of benzene rings is 1. The van der Waals surface area contributed by atoms with Crippen LogP contribution in [0.4, 0.5) is 5.69 Å². The summed E-state index contributed by atoms with van der Waals surface area (Å²) in [6.07, 6.45) is 3.70. The molecule has 0 atom stereocenters. The Morgan fingerprint density at radius 2 is 1.89 bits per heavy atom. The van der Waals surface area contributed by atoms with Crippen LogP contribution in [0.2, 0.25) is 0 Å². The molecule has 0 heterocycles. The van der Waals surface area contributed by atoms with Gasteiger partial charge in [-0.05, 0) is 38.0 Å². The van der Waals surface area contributed by atoms with Crippen molar-refractivity contribution in [2.24, 2.45) is 0 Å². The van der Waals surface area contributed by atoms with E-state index in [0.29, 0.717) is 6.42 Å². The zero-order valence-electron chi connectivity index (χ0n) is 12.0. The number of carbonyl (C=O) groups excluding carboxylic acids is 1. The molecule has 0 radical (unpaired) electrons. The Morgan fingerprint density at radius 1 is 1.26 bits per heavy atom. The number of rotatable bonds is 6. The fourth-order valence-electron chi connectivity index (χ4n) is 1.79. The van der Waals surface area contributed by atoms with Gasteiger partial charge in [-0.1, -0.05) is 31.9 Å². The molecule has 0 unspecified atom stereocenters. The molecule has 0 spiro atoms. The predicted molar refractivity (Wildman–Crippen MR) is 77.9 cm³/mol. The van der Waals surface area contributed by atoms with Gasteiger partial charge in [0, 0.05) is 12.1 Å². The quantitative estimate of drug-likeness (QED) is 0.784. The molecule has 1 aromatic rings. The fraction of sp³-hybridized carbons (Fsp3) is 0.500. The average molecular weight is 258 g/mol. The number of carbonyl (C=O) groups is 1. The Morgan fingerprint density at radius 3 is 2.42 bits per heavy atom. The van der Waals surface area contributed by atoms with Crippen molar-refractivity contribution >= 4 is 11.6 Å². The summed E-state index contributed by atoms with van der Waals surface area (Å²) in [4.78, 5) is 11.7. The molecule has 0 bridgehead atoms. The van der Waals surface area contributed by atoms with Crippen LogP contribution < -0.4 is 5.32 Å². The standard InChI is InChI=1S/C16H22N2O/c1-4-5-6-7-15(19)18-14-10-8-13(9-11-14)16(2,3)12-17/h8-11H,4-7H2,1-3H3,(H,18,19). The van der Waals surface area contributed by atoms with Crippen LogP contribution in [0.1, 0.15) is 52.0 Å². The number of anilines is 1. The van der Waals surface area contributed by atoms with Crippen molar-refractivity contribution < 1.29 is 4.79 Å². The Kier molecular flexibility index (Phi) is 5.57. The number of nitriles is 1. The average Bonchev–Trinajstić information content (AvgIpc) is 2.39. The molecule has 102 valence electrons. The number of hydrogen-bond donors (Lipinski definition) is 1. The van der Waals surface area contributed by atoms with Crippen LogP contribution in [0, 0.1) is 11.3 Å². The lowest BCUT2D eigenvalue weighted by Gasteiger charge is -2.16. The Bertz CT molecular complexity index is 455. The molecule has 1 rings (SSSR count). The molecule has 3 heteroatoms. The zero-order chi connectivity index (χ0) is 14.3. The lowest BCUT2D eigenvalue weighted by atomic mass is 9.86. The van der Waals surface area contributed by atoms with Crippen molar-refractivity contribution in [2.45, 2.75) is 51.9 Å². The van der Waals surface area contributed by atoms with E-state index in [1.54, 1.807) is 0 Å². The van der Waals surface area contributed by atoms with E-state index in [4.69, 9.17) is 5.26 Å². The van der Waals surface area contributed by atoms with E-state index in [1.807, 2.05) is 38.1 Å². The van der Waals surface area contributed by atoms with Gasteiger partial charge in [-0.3, -0.25) is 4.79 Å². The molecule has 0 saturated heterocycles. The summed E-state index contributed by atoms with van der Waals surface area (Å²) in [6, 6.07) is 9.76. The van der Waals surface area contributed by atoms with Gasteiger partial charge in [0.2, 0.25) is 5.91 Å². The number of unbranched alkanes of at least 4 members (excludes halogenated alkanes) is 2. The molecular weight excluding hydrogens is 236 g/mol. The van der Waals surface area contributed by atoms with Crippen LogP contribution >= 0.6 is 0 Å². The summed E-state index contributed by atoms with van der Waals surface area (Å²) in [7, 11) is 0. The molecule has 0 fully saturated rings. The van der Waals surface area contributed by atoms with Gasteiger partial charge in [0.25, 0.3) is 0 Å². The first-order valence-electron chi connectivity index (χ1n) is 6.81. The highest BCUT2D eigenvalue weighted by Crippen LogP contribution is 2.23. The van der Waals surface area contributed by atoms with Gasteiger partial charge in [-0.2, -0.15) is 5.26 Å². The van der Waals surface area contributed by atoms with Crippen LogP contribution in [-0.4, -0.2) is 5.91 Å². The monoisotopic (exact) mass is 258 g/mol. The van der Waals surface area contributed by atoms with Crippen LogP contribution in [0.3, 0.4) is 0 Å². The molecule has 0 aliphatic heterocycles. The first-order chi connectivity index (χ1) is 8.99. The molecule has 1 N–H and O–H groups in total. The second-order valence-electron chi connectivity index (χ2n) is 5.32. The van der Waals surface area contributed by atoms with Crippen molar-refractivity contribution in [2.75, 3.05) is 5.32 Å². The van der Waals surface area contributed by atoms with Crippen LogP contribution in [0.15, 0.2) is 24.3 Å². The van der Waals surface area contributed by atoms with Crippen LogP contribution in [-0.2, 0) is 10.2 Å². The maximum absolute atomic E-state index is 11.7. The largest absolute Gasteiger partial charge is 0.326 e. The van der Waals surface area contributed by atoms with Crippen molar-refractivity contribution in [3.63, 3.8) is 0 Å². The van der Waals surface area contributed by atoms with E-state index in [2.05, 4.69) is 18.3 Å². The molecule has 1 aromatic carbocycles. The zero-order valence-corrected chi connectivity index (χ0v) is 12.0. The first-order valence-corrected chi connectivity index (χ1v) is 6.81. The maximum Gasteiger partial charge on any atom is 0.224 e. The van der Waals surface area contributed by atoms with E-state index >= 15 is 0 Å². The van der Waals surface area contributed by atoms with Gasteiger partial charge in [-0.25, -0.2) is 0 Å². The Hall–Kier alpha value is -1.82. The number of nitrogens with one attached hydrogen (secondary N) is 1. The summed E-state index contributed by atoms with van der Waals surface area (Å²) in [5.41, 5.74) is 1.25. The third kappa shape index (κ3) is 4.75. The molecule has 3 nitrogen and oxygen atoms in total. The molecular formula is C16H22N2O. The predicted octanol–water partition coefficient (Wildman–Crippen LogP) is 4.01. The number of hydrogen-bond acceptors (Lipinski definition) is 2. The van der Waals surface area contributed by atoms with Crippen molar-refractivity contribution in [3.8, 4) is 6.07 Å². The fourth-order valence-corrected chi connectivity index (χ4v) is 1.79. The minimum Gasteiger partial charge on any atom is -0.326 e. The van der Waals surface area contributed by atoms with E-state index < -0.39 is 5.41 Å². The molecule has 1 amide bonds. The van der Waals surface area contributed by atoms with Crippen molar-refractivity contribution in [1.29, 1.82) is 5.26 Å². The minimum absolute atomic E-state index is 0.0562. The van der Waals surface area contributed by atoms with Gasteiger partial charge in [0.15, 0.2) is 0 Å². The lowest BCUT2D eigenvalue weighted by Crippen LogP contribution is -2.14. The maximum atomic E-state index is 11.7. The van der Waals surface area contributed by atoms with Gasteiger partial charge in [0.05, 0.1) is 11.5 Å². The molecule has 0 aliphatic carbocycles. The van der Waals surface area contributed by atoms with Crippen molar-refractivity contribution in [3.05, 3.63) is 29.8 Å². The van der Waals surface area contributed by atoms with Gasteiger partial charge in [-0.15, -0.1) is 0 Å². The Balaban J connectivity index is 2.58. The summed E-state index contributed by atoms with van der Waals surface area (Å²) < 4.78 is 0. The second kappa shape index (κ2) is 6.94. The highest BCUT2D eigenvalue weighted by atomic mass is 16.1. The van der Waals surface area contributed by atoms with Gasteiger partial charge >= 0.3 is 0 Å². The smallest absolute Gasteiger partial charge is 0.224 e. The molecule has 0 saturated carbocycles. The second-order valence-corrected chi connectivity index (χ2v) is 5.32. The van der Waals surface area contributed by atoms with Crippen molar-refractivity contribution in [1.82, 2.24) is 0 Å². The molecule has 0 aliphatic rings. The summed E-state index contributed by atoms with van der Waals surface area (Å²) in [6.45, 7) is 5.88. The molecule has 0 aromatic heterocycles. The SMILES string of the molecule is CCCCCC(=O)Nc1ccc(C(C)(C)C#N)cc1.